The molecular formula is C15H15F2NO3. The van der Waals surface area contributed by atoms with E-state index >= 15 is 0 Å². The molecule has 0 unspecified atom stereocenters. The molecular weight excluding hydrogens is 280 g/mol. The molecule has 21 heavy (non-hydrogen) atoms. The van der Waals surface area contributed by atoms with Crippen molar-refractivity contribution in [1.29, 1.82) is 0 Å². The number of rotatable bonds is 5. The summed E-state index contributed by atoms with van der Waals surface area (Å²) in [5, 5.41) is 0. The van der Waals surface area contributed by atoms with Gasteiger partial charge >= 0.3 is 0 Å². The minimum absolute atomic E-state index is 0.155. The maximum atomic E-state index is 13.4. The molecule has 4 nitrogen and oxygen atoms in total. The first-order chi connectivity index (χ1) is 9.97. The first-order valence-corrected chi connectivity index (χ1v) is 6.32. The number of hydrogen-bond donors (Lipinski definition) is 0. The Balaban J connectivity index is 1.90. The summed E-state index contributed by atoms with van der Waals surface area (Å²) in [7, 11) is 1.61. The average molecular weight is 295 g/mol. The van der Waals surface area contributed by atoms with Crippen molar-refractivity contribution in [2.45, 2.75) is 13.5 Å². The molecule has 0 aliphatic heterocycles. The number of carbonyl (C=O) groups is 1. The lowest BCUT2D eigenvalue weighted by atomic mass is 10.2. The highest BCUT2D eigenvalue weighted by atomic mass is 19.1. The van der Waals surface area contributed by atoms with E-state index in [0.29, 0.717) is 12.6 Å². The van der Waals surface area contributed by atoms with Crippen LogP contribution in [0.1, 0.15) is 11.3 Å². The minimum atomic E-state index is -0.837. The summed E-state index contributed by atoms with van der Waals surface area (Å²) in [5.74, 6) is -1.27. The second kappa shape index (κ2) is 6.39. The zero-order valence-electron chi connectivity index (χ0n) is 11.7. The highest BCUT2D eigenvalue weighted by Crippen LogP contribution is 2.17. The molecule has 0 aliphatic rings. The highest BCUT2D eigenvalue weighted by Gasteiger charge is 2.14. The van der Waals surface area contributed by atoms with Crippen LogP contribution in [0, 0.1) is 18.6 Å². The Labute approximate surface area is 120 Å². The summed E-state index contributed by atoms with van der Waals surface area (Å²) in [5.41, 5.74) is 0.888. The molecule has 0 fully saturated rings. The number of likely N-dealkylation sites (N-methyl/N-ethyl adjacent to an activating group) is 1. The zero-order valence-corrected chi connectivity index (χ0v) is 11.7. The third-order valence-electron chi connectivity index (χ3n) is 3.04. The fraction of sp³-hybridized carbons (Fsp3) is 0.267. The predicted molar refractivity (Wildman–Crippen MR) is 71.8 cm³/mol. The summed E-state index contributed by atoms with van der Waals surface area (Å²) in [4.78, 5) is 13.3. The standard InChI is InChI=1S/C15H15F2NO3/c1-10-11(5-6-20-10)8-18(2)15(19)9-21-14-4-3-12(16)7-13(14)17/h3-7H,8-9H2,1-2H3. The fourth-order valence-corrected chi connectivity index (χ4v) is 1.76. The Kier molecular flexibility index (Phi) is 4.57. The first-order valence-electron chi connectivity index (χ1n) is 6.32. The summed E-state index contributed by atoms with van der Waals surface area (Å²) < 4.78 is 36.3. The summed E-state index contributed by atoms with van der Waals surface area (Å²) in [6, 6.07) is 4.71. The van der Waals surface area contributed by atoms with Gasteiger partial charge in [0.1, 0.15) is 11.6 Å². The molecule has 0 radical (unpaired) electrons. The van der Waals surface area contributed by atoms with Crippen molar-refractivity contribution in [3.8, 4) is 5.75 Å². The van der Waals surface area contributed by atoms with E-state index in [1.54, 1.807) is 26.3 Å². The smallest absolute Gasteiger partial charge is 0.260 e. The summed E-state index contributed by atoms with van der Waals surface area (Å²) in [6.45, 7) is 1.85. The lowest BCUT2D eigenvalue weighted by Crippen LogP contribution is -2.31. The predicted octanol–water partition coefficient (Wildman–Crippen LogP) is 2.90. The molecule has 2 aromatic rings. The molecule has 0 atom stereocenters. The highest BCUT2D eigenvalue weighted by molar-refractivity contribution is 5.77. The molecule has 0 saturated carbocycles. The van der Waals surface area contributed by atoms with Gasteiger partial charge in [0.15, 0.2) is 18.2 Å². The largest absolute Gasteiger partial charge is 0.481 e. The van der Waals surface area contributed by atoms with Gasteiger partial charge in [-0.1, -0.05) is 0 Å². The first kappa shape index (κ1) is 15.0. The molecule has 0 bridgehead atoms. The van der Waals surface area contributed by atoms with Gasteiger partial charge in [0.25, 0.3) is 5.91 Å². The molecule has 1 aromatic heterocycles. The zero-order chi connectivity index (χ0) is 15.4. The van der Waals surface area contributed by atoms with Gasteiger partial charge in [0, 0.05) is 25.2 Å². The number of furan rings is 1. The monoisotopic (exact) mass is 295 g/mol. The molecule has 1 amide bonds. The number of benzene rings is 1. The van der Waals surface area contributed by atoms with E-state index in [0.717, 1.165) is 23.5 Å². The number of hydrogen-bond acceptors (Lipinski definition) is 3. The van der Waals surface area contributed by atoms with Crippen LogP contribution in [0.25, 0.3) is 0 Å². The number of halogens is 2. The van der Waals surface area contributed by atoms with Crippen molar-refractivity contribution < 1.29 is 22.7 Å². The third-order valence-corrected chi connectivity index (χ3v) is 3.04. The van der Waals surface area contributed by atoms with Crippen molar-refractivity contribution >= 4 is 5.91 Å². The van der Waals surface area contributed by atoms with Crippen LogP contribution >= 0.6 is 0 Å². The average Bonchev–Trinajstić information content (AvgIpc) is 2.83. The molecule has 0 spiro atoms. The Bertz CT molecular complexity index is 640. The number of ether oxygens (including phenoxy) is 1. The Morgan fingerprint density at radius 1 is 1.33 bits per heavy atom. The molecule has 0 aliphatic carbocycles. The van der Waals surface area contributed by atoms with Crippen molar-refractivity contribution in [1.82, 2.24) is 4.90 Å². The van der Waals surface area contributed by atoms with Gasteiger partial charge in [-0.2, -0.15) is 0 Å². The third kappa shape index (κ3) is 3.81. The van der Waals surface area contributed by atoms with Gasteiger partial charge in [0.05, 0.1) is 6.26 Å². The van der Waals surface area contributed by atoms with Gasteiger partial charge in [-0.15, -0.1) is 0 Å². The number of aryl methyl sites for hydroxylation is 1. The van der Waals surface area contributed by atoms with E-state index in [2.05, 4.69) is 0 Å². The number of amides is 1. The molecule has 1 heterocycles. The Morgan fingerprint density at radius 3 is 2.71 bits per heavy atom. The second-order valence-electron chi connectivity index (χ2n) is 4.62. The van der Waals surface area contributed by atoms with Crippen LogP contribution in [0.5, 0.6) is 5.75 Å². The van der Waals surface area contributed by atoms with Crippen LogP contribution in [0.3, 0.4) is 0 Å². The quantitative estimate of drug-likeness (QED) is 0.852. The van der Waals surface area contributed by atoms with Gasteiger partial charge in [-0.25, -0.2) is 8.78 Å². The summed E-state index contributed by atoms with van der Waals surface area (Å²) in [6.07, 6.45) is 1.55. The molecule has 0 saturated heterocycles. The normalized spacial score (nSPS) is 10.5. The van der Waals surface area contributed by atoms with Gasteiger partial charge in [0.2, 0.25) is 0 Å². The topological polar surface area (TPSA) is 42.7 Å². The van der Waals surface area contributed by atoms with Crippen LogP contribution < -0.4 is 4.74 Å². The van der Waals surface area contributed by atoms with Gasteiger partial charge < -0.3 is 14.1 Å². The molecule has 2 rings (SSSR count). The van der Waals surface area contributed by atoms with Crippen molar-refractivity contribution in [2.75, 3.05) is 13.7 Å². The van der Waals surface area contributed by atoms with E-state index in [9.17, 15) is 13.6 Å². The van der Waals surface area contributed by atoms with Crippen molar-refractivity contribution in [3.05, 3.63) is 53.5 Å². The van der Waals surface area contributed by atoms with Crippen LogP contribution in [-0.4, -0.2) is 24.5 Å². The van der Waals surface area contributed by atoms with Crippen LogP contribution in [-0.2, 0) is 11.3 Å². The number of nitrogens with zero attached hydrogens (tertiary/aromatic N) is 1. The van der Waals surface area contributed by atoms with Gasteiger partial charge in [-0.3, -0.25) is 4.79 Å². The molecule has 1 aromatic carbocycles. The number of carbonyl (C=O) groups excluding carboxylic acids is 1. The van der Waals surface area contributed by atoms with E-state index in [1.165, 1.54) is 4.90 Å². The Morgan fingerprint density at radius 2 is 2.10 bits per heavy atom. The van der Waals surface area contributed by atoms with E-state index in [1.807, 2.05) is 0 Å². The fourth-order valence-electron chi connectivity index (χ4n) is 1.76. The van der Waals surface area contributed by atoms with Gasteiger partial charge in [-0.05, 0) is 25.1 Å². The van der Waals surface area contributed by atoms with Crippen molar-refractivity contribution in [3.63, 3.8) is 0 Å². The van der Waals surface area contributed by atoms with E-state index in [4.69, 9.17) is 9.15 Å². The van der Waals surface area contributed by atoms with Crippen molar-refractivity contribution in [2.24, 2.45) is 0 Å². The van der Waals surface area contributed by atoms with E-state index < -0.39 is 11.6 Å². The lowest BCUT2D eigenvalue weighted by Gasteiger charge is -2.17. The van der Waals surface area contributed by atoms with Crippen LogP contribution in [0.15, 0.2) is 34.9 Å². The Hall–Kier alpha value is -2.37. The van der Waals surface area contributed by atoms with Crippen LogP contribution in [0.4, 0.5) is 8.78 Å². The van der Waals surface area contributed by atoms with Crippen LogP contribution in [0.2, 0.25) is 0 Å². The SMILES string of the molecule is Cc1occc1CN(C)C(=O)COc1ccc(F)cc1F. The van der Waals surface area contributed by atoms with E-state index in [-0.39, 0.29) is 18.3 Å². The second-order valence-corrected chi connectivity index (χ2v) is 4.62. The minimum Gasteiger partial charge on any atom is -0.481 e. The maximum Gasteiger partial charge on any atom is 0.260 e. The summed E-state index contributed by atoms with van der Waals surface area (Å²) >= 11 is 0. The molecule has 112 valence electrons. The maximum absolute atomic E-state index is 13.4. The molecule has 6 heteroatoms. The molecule has 0 N–H and O–H groups in total. The lowest BCUT2D eigenvalue weighted by molar-refractivity contribution is -0.132.